The van der Waals surface area contributed by atoms with Gasteiger partial charge in [-0.15, -0.1) is 11.8 Å². The van der Waals surface area contributed by atoms with Crippen molar-refractivity contribution in [3.8, 4) is 0 Å². The summed E-state index contributed by atoms with van der Waals surface area (Å²) in [4.78, 5) is 27.2. The zero-order valence-corrected chi connectivity index (χ0v) is 15.8. The van der Waals surface area contributed by atoms with Gasteiger partial charge in [0.05, 0.1) is 10.7 Å². The Balaban J connectivity index is 1.46. The summed E-state index contributed by atoms with van der Waals surface area (Å²) in [5, 5.41) is 10.9. The maximum absolute atomic E-state index is 13.2. The number of carbonyl (C=O) groups is 1. The first kappa shape index (κ1) is 20.2. The fraction of sp³-hybridized carbons (Fsp3) is 0.316. The van der Waals surface area contributed by atoms with Gasteiger partial charge in [-0.25, -0.2) is 8.78 Å². The average molecular weight is 407 g/mol. The number of nitrogens with zero attached hydrogens (tertiary/aromatic N) is 3. The van der Waals surface area contributed by atoms with E-state index < -0.39 is 16.6 Å². The number of halogens is 2. The van der Waals surface area contributed by atoms with Gasteiger partial charge in [0.15, 0.2) is 11.6 Å². The molecule has 1 aliphatic rings. The summed E-state index contributed by atoms with van der Waals surface area (Å²) in [6.07, 6.45) is 0. The van der Waals surface area contributed by atoms with Crippen LogP contribution < -0.4 is 0 Å². The molecule has 1 saturated heterocycles. The van der Waals surface area contributed by atoms with Crippen molar-refractivity contribution in [3.63, 3.8) is 0 Å². The predicted molar refractivity (Wildman–Crippen MR) is 102 cm³/mol. The topological polar surface area (TPSA) is 66.7 Å². The lowest BCUT2D eigenvalue weighted by atomic mass is 10.1. The lowest BCUT2D eigenvalue weighted by Crippen LogP contribution is -2.48. The standard InChI is InChI=1S/C19H19F2N3O3S/c20-17-5-4-16(11-18(17)21)28-13-19(25)23-8-6-22(7-9-23)12-14-2-1-3-15(10-14)24(26)27/h1-5,10-11H,6-9,12-13H2. The molecule has 2 aromatic rings. The third kappa shape index (κ3) is 5.26. The van der Waals surface area contributed by atoms with E-state index in [9.17, 15) is 23.7 Å². The highest BCUT2D eigenvalue weighted by Crippen LogP contribution is 2.21. The van der Waals surface area contributed by atoms with E-state index in [2.05, 4.69) is 4.90 Å². The van der Waals surface area contributed by atoms with Crippen LogP contribution in [0.3, 0.4) is 0 Å². The first-order valence-corrected chi connectivity index (χ1v) is 9.72. The van der Waals surface area contributed by atoms with E-state index in [0.717, 1.165) is 17.7 Å². The number of piperazine rings is 1. The van der Waals surface area contributed by atoms with Crippen LogP contribution in [0.25, 0.3) is 0 Å². The predicted octanol–water partition coefficient (Wildman–Crippen LogP) is 3.31. The molecule has 1 fully saturated rings. The van der Waals surface area contributed by atoms with Gasteiger partial charge in [-0.05, 0) is 23.8 Å². The van der Waals surface area contributed by atoms with Crippen molar-refractivity contribution in [2.24, 2.45) is 0 Å². The third-order valence-corrected chi connectivity index (χ3v) is 5.48. The van der Waals surface area contributed by atoms with Crippen LogP contribution in [-0.2, 0) is 11.3 Å². The number of amides is 1. The highest BCUT2D eigenvalue weighted by molar-refractivity contribution is 8.00. The van der Waals surface area contributed by atoms with E-state index in [1.165, 1.54) is 23.9 Å². The molecule has 0 saturated carbocycles. The third-order valence-electron chi connectivity index (χ3n) is 4.51. The molecule has 28 heavy (non-hydrogen) atoms. The van der Waals surface area contributed by atoms with Crippen molar-refractivity contribution in [3.05, 3.63) is 69.8 Å². The fourth-order valence-electron chi connectivity index (χ4n) is 2.98. The Morgan fingerprint density at radius 3 is 2.50 bits per heavy atom. The number of hydrogen-bond donors (Lipinski definition) is 0. The van der Waals surface area contributed by atoms with Gasteiger partial charge in [-0.1, -0.05) is 12.1 Å². The van der Waals surface area contributed by atoms with Gasteiger partial charge in [0.2, 0.25) is 5.91 Å². The van der Waals surface area contributed by atoms with Crippen LogP contribution in [0.5, 0.6) is 0 Å². The van der Waals surface area contributed by atoms with E-state index in [-0.39, 0.29) is 17.3 Å². The fourth-order valence-corrected chi connectivity index (χ4v) is 3.81. The maximum atomic E-state index is 13.2. The molecule has 0 aromatic heterocycles. The van der Waals surface area contributed by atoms with Crippen LogP contribution in [0.2, 0.25) is 0 Å². The minimum Gasteiger partial charge on any atom is -0.339 e. The molecule has 1 heterocycles. The van der Waals surface area contributed by atoms with Gasteiger partial charge >= 0.3 is 0 Å². The Labute approximate surface area is 165 Å². The van der Waals surface area contributed by atoms with Gasteiger partial charge in [-0.2, -0.15) is 0 Å². The molecule has 0 spiro atoms. The summed E-state index contributed by atoms with van der Waals surface area (Å²) in [5.74, 6) is -1.72. The van der Waals surface area contributed by atoms with Crippen LogP contribution in [0.15, 0.2) is 47.4 Å². The maximum Gasteiger partial charge on any atom is 0.269 e. The number of rotatable bonds is 6. The summed E-state index contributed by atoms with van der Waals surface area (Å²) in [5.41, 5.74) is 0.934. The van der Waals surface area contributed by atoms with Gasteiger partial charge in [0.1, 0.15) is 0 Å². The smallest absolute Gasteiger partial charge is 0.269 e. The zero-order valence-electron chi connectivity index (χ0n) is 15.0. The molecule has 1 aliphatic heterocycles. The Hall–Kier alpha value is -2.52. The van der Waals surface area contributed by atoms with Crippen molar-refractivity contribution in [1.82, 2.24) is 9.80 Å². The van der Waals surface area contributed by atoms with Crippen LogP contribution >= 0.6 is 11.8 Å². The number of benzene rings is 2. The summed E-state index contributed by atoms with van der Waals surface area (Å²) in [6, 6.07) is 10.1. The first-order chi connectivity index (χ1) is 13.4. The molecule has 0 aliphatic carbocycles. The van der Waals surface area contributed by atoms with Crippen molar-refractivity contribution in [2.75, 3.05) is 31.9 Å². The second-order valence-corrected chi connectivity index (χ2v) is 7.50. The number of hydrogen-bond acceptors (Lipinski definition) is 5. The van der Waals surface area contributed by atoms with Gasteiger partial charge in [0.25, 0.3) is 5.69 Å². The molecule has 1 amide bonds. The molecule has 0 bridgehead atoms. The van der Waals surface area contributed by atoms with Crippen molar-refractivity contribution in [2.45, 2.75) is 11.4 Å². The lowest BCUT2D eigenvalue weighted by molar-refractivity contribution is -0.384. The molecule has 0 atom stereocenters. The van der Waals surface area contributed by atoms with Crippen molar-refractivity contribution in [1.29, 1.82) is 0 Å². The Kier molecular flexibility index (Phi) is 6.58. The van der Waals surface area contributed by atoms with Gasteiger partial charge < -0.3 is 4.90 Å². The van der Waals surface area contributed by atoms with E-state index in [4.69, 9.17) is 0 Å². The SMILES string of the molecule is O=C(CSc1ccc(F)c(F)c1)N1CCN(Cc2cccc([N+](=O)[O-])c2)CC1. The normalized spacial score (nSPS) is 14.9. The highest BCUT2D eigenvalue weighted by atomic mass is 32.2. The minimum atomic E-state index is -0.924. The van der Waals surface area contributed by atoms with E-state index in [0.29, 0.717) is 37.6 Å². The largest absolute Gasteiger partial charge is 0.339 e. The Bertz CT molecular complexity index is 873. The molecule has 6 nitrogen and oxygen atoms in total. The van der Waals surface area contributed by atoms with E-state index in [1.54, 1.807) is 17.0 Å². The molecular weight excluding hydrogens is 388 g/mol. The Morgan fingerprint density at radius 1 is 1.07 bits per heavy atom. The summed E-state index contributed by atoms with van der Waals surface area (Å²) in [7, 11) is 0. The quantitative estimate of drug-likeness (QED) is 0.418. The molecule has 0 radical (unpaired) electrons. The van der Waals surface area contributed by atoms with Crippen LogP contribution in [0.1, 0.15) is 5.56 Å². The van der Waals surface area contributed by atoms with Crippen molar-refractivity contribution >= 4 is 23.4 Å². The molecule has 3 rings (SSSR count). The first-order valence-electron chi connectivity index (χ1n) is 8.73. The molecular formula is C19H19F2N3O3S. The van der Waals surface area contributed by atoms with Crippen LogP contribution in [-0.4, -0.2) is 52.6 Å². The van der Waals surface area contributed by atoms with Crippen LogP contribution in [0, 0.1) is 21.7 Å². The van der Waals surface area contributed by atoms with Crippen LogP contribution in [0.4, 0.5) is 14.5 Å². The van der Waals surface area contributed by atoms with Gasteiger partial charge in [-0.3, -0.25) is 19.8 Å². The number of non-ortho nitro benzene ring substituents is 1. The average Bonchev–Trinajstić information content (AvgIpc) is 2.69. The molecule has 2 aromatic carbocycles. The monoisotopic (exact) mass is 407 g/mol. The Morgan fingerprint density at radius 2 is 1.82 bits per heavy atom. The van der Waals surface area contributed by atoms with E-state index >= 15 is 0 Å². The summed E-state index contributed by atoms with van der Waals surface area (Å²) < 4.78 is 26.2. The van der Waals surface area contributed by atoms with E-state index in [1.807, 2.05) is 6.07 Å². The molecule has 0 unspecified atom stereocenters. The highest BCUT2D eigenvalue weighted by Gasteiger charge is 2.21. The lowest BCUT2D eigenvalue weighted by Gasteiger charge is -2.34. The van der Waals surface area contributed by atoms with Gasteiger partial charge in [0, 0.05) is 49.8 Å². The molecule has 0 N–H and O–H groups in total. The number of nitro groups is 1. The summed E-state index contributed by atoms with van der Waals surface area (Å²) in [6.45, 7) is 3.06. The zero-order chi connectivity index (χ0) is 20.1. The summed E-state index contributed by atoms with van der Waals surface area (Å²) >= 11 is 1.18. The number of carbonyl (C=O) groups excluding carboxylic acids is 1. The molecule has 9 heteroatoms. The van der Waals surface area contributed by atoms with Crippen molar-refractivity contribution < 1.29 is 18.5 Å². The second kappa shape index (κ2) is 9.11. The number of thioether (sulfide) groups is 1. The minimum absolute atomic E-state index is 0.0512. The number of nitro benzene ring substituents is 1. The molecule has 148 valence electrons. The second-order valence-electron chi connectivity index (χ2n) is 6.45.